The molecule has 2 rings (SSSR count). The normalized spacial score (nSPS) is 11.5. The molecule has 0 aliphatic heterocycles. The minimum Gasteiger partial charge on any atom is -0.277 e. The van der Waals surface area contributed by atoms with E-state index in [-0.39, 0.29) is 10.5 Å². The Hall–Kier alpha value is -1.47. The summed E-state index contributed by atoms with van der Waals surface area (Å²) in [7, 11) is -4.02. The lowest BCUT2D eigenvalue weighted by Crippen LogP contribution is -2.15. The van der Waals surface area contributed by atoms with Crippen LogP contribution in [0, 0.1) is 25.5 Å². The number of nitrogens with one attached hydrogen (secondary N) is 1. The third-order valence-corrected chi connectivity index (χ3v) is 5.21. The molecule has 21 heavy (non-hydrogen) atoms. The Balaban J connectivity index is 2.45. The van der Waals surface area contributed by atoms with Crippen LogP contribution in [0.25, 0.3) is 0 Å². The fraction of sp³-hybridized carbons (Fsp3) is 0.143. The number of rotatable bonds is 3. The van der Waals surface area contributed by atoms with Gasteiger partial charge in [0.05, 0.1) is 5.69 Å². The van der Waals surface area contributed by atoms with Gasteiger partial charge in [0, 0.05) is 10.5 Å². The topological polar surface area (TPSA) is 46.2 Å². The van der Waals surface area contributed by atoms with Gasteiger partial charge in [-0.25, -0.2) is 17.2 Å². The zero-order chi connectivity index (χ0) is 15.8. The van der Waals surface area contributed by atoms with Gasteiger partial charge >= 0.3 is 0 Å². The van der Waals surface area contributed by atoms with Gasteiger partial charge in [-0.15, -0.1) is 0 Å². The molecule has 1 N–H and O–H groups in total. The highest BCUT2D eigenvalue weighted by Crippen LogP contribution is 2.27. The second kappa shape index (κ2) is 5.73. The lowest BCUT2D eigenvalue weighted by Gasteiger charge is -2.11. The SMILES string of the molecule is Cc1ccc(S(=O)(=O)Nc2cc(F)c(C)cc2F)c(Br)c1. The first kappa shape index (κ1) is 15.9. The molecule has 112 valence electrons. The smallest absolute Gasteiger partial charge is 0.263 e. The zero-order valence-electron chi connectivity index (χ0n) is 11.2. The highest BCUT2D eigenvalue weighted by molar-refractivity contribution is 9.10. The van der Waals surface area contributed by atoms with E-state index in [1.54, 1.807) is 12.1 Å². The fourth-order valence-corrected chi connectivity index (χ4v) is 4.00. The molecule has 0 saturated heterocycles. The molecule has 2 aromatic carbocycles. The summed E-state index contributed by atoms with van der Waals surface area (Å²) < 4.78 is 54.1. The summed E-state index contributed by atoms with van der Waals surface area (Å²) in [5, 5.41) is 0. The van der Waals surface area contributed by atoms with Gasteiger partial charge in [0.15, 0.2) is 0 Å². The van der Waals surface area contributed by atoms with Crippen LogP contribution >= 0.6 is 15.9 Å². The van der Waals surface area contributed by atoms with Gasteiger partial charge in [-0.1, -0.05) is 6.07 Å². The Labute approximate surface area is 130 Å². The van der Waals surface area contributed by atoms with Crippen molar-refractivity contribution in [2.75, 3.05) is 4.72 Å². The summed E-state index contributed by atoms with van der Waals surface area (Å²) in [4.78, 5) is -0.0477. The third-order valence-electron chi connectivity index (χ3n) is 2.87. The molecule has 7 heteroatoms. The Morgan fingerprint density at radius 2 is 1.71 bits per heavy atom. The fourth-order valence-electron chi connectivity index (χ4n) is 1.75. The van der Waals surface area contributed by atoms with Crippen LogP contribution in [0.4, 0.5) is 14.5 Å². The van der Waals surface area contributed by atoms with Gasteiger partial charge in [0.1, 0.15) is 16.5 Å². The minimum absolute atomic E-state index is 0.0477. The van der Waals surface area contributed by atoms with Crippen molar-refractivity contribution in [2.45, 2.75) is 18.7 Å². The maximum Gasteiger partial charge on any atom is 0.263 e. The van der Waals surface area contributed by atoms with Crippen molar-refractivity contribution >= 4 is 31.6 Å². The average Bonchev–Trinajstić information content (AvgIpc) is 2.35. The standard InChI is InChI=1S/C14H12BrF2NO2S/c1-8-3-4-14(10(15)5-8)21(19,20)18-13-7-11(16)9(2)6-12(13)17/h3-7,18H,1-2H3. The first-order valence-corrected chi connectivity index (χ1v) is 8.23. The van der Waals surface area contributed by atoms with Crippen molar-refractivity contribution in [2.24, 2.45) is 0 Å². The van der Waals surface area contributed by atoms with E-state index < -0.39 is 27.3 Å². The van der Waals surface area contributed by atoms with Crippen LogP contribution < -0.4 is 4.72 Å². The molecule has 0 aromatic heterocycles. The van der Waals surface area contributed by atoms with Crippen molar-refractivity contribution in [3.63, 3.8) is 0 Å². The molecule has 0 radical (unpaired) electrons. The monoisotopic (exact) mass is 375 g/mol. The van der Waals surface area contributed by atoms with Crippen LogP contribution in [0.1, 0.15) is 11.1 Å². The van der Waals surface area contributed by atoms with Crippen molar-refractivity contribution < 1.29 is 17.2 Å². The first-order valence-electron chi connectivity index (χ1n) is 5.95. The maximum atomic E-state index is 13.7. The zero-order valence-corrected chi connectivity index (χ0v) is 13.6. The average molecular weight is 376 g/mol. The number of hydrogen-bond donors (Lipinski definition) is 1. The van der Waals surface area contributed by atoms with E-state index in [0.29, 0.717) is 4.47 Å². The molecule has 0 heterocycles. The molecule has 0 aliphatic carbocycles. The lowest BCUT2D eigenvalue weighted by atomic mass is 10.2. The summed E-state index contributed by atoms with van der Waals surface area (Å²) in [6.45, 7) is 3.21. The molecule has 0 amide bonds. The molecule has 0 spiro atoms. The summed E-state index contributed by atoms with van der Waals surface area (Å²) in [6, 6.07) is 6.40. The molecular formula is C14H12BrF2NO2S. The van der Waals surface area contributed by atoms with Crippen molar-refractivity contribution in [3.8, 4) is 0 Å². The van der Waals surface area contributed by atoms with Crippen LogP contribution in [0.2, 0.25) is 0 Å². The number of halogens is 3. The third kappa shape index (κ3) is 3.41. The molecular weight excluding hydrogens is 364 g/mol. The van der Waals surface area contributed by atoms with Crippen molar-refractivity contribution in [1.29, 1.82) is 0 Å². The van der Waals surface area contributed by atoms with Crippen molar-refractivity contribution in [3.05, 3.63) is 57.6 Å². The van der Waals surface area contributed by atoms with Crippen LogP contribution in [-0.2, 0) is 10.0 Å². The first-order chi connectivity index (χ1) is 9.70. The van der Waals surface area contributed by atoms with E-state index in [1.807, 2.05) is 6.92 Å². The molecule has 0 atom stereocenters. The van der Waals surface area contributed by atoms with E-state index in [4.69, 9.17) is 0 Å². The molecule has 0 bridgehead atoms. The Morgan fingerprint density at radius 3 is 2.33 bits per heavy atom. The number of anilines is 1. The Kier molecular flexibility index (Phi) is 4.34. The minimum atomic E-state index is -4.02. The molecule has 2 aromatic rings. The van der Waals surface area contributed by atoms with Gasteiger partial charge in [-0.2, -0.15) is 0 Å². The number of hydrogen-bond acceptors (Lipinski definition) is 2. The predicted octanol–water partition coefficient (Wildman–Crippen LogP) is 4.14. The molecule has 3 nitrogen and oxygen atoms in total. The van der Waals surface area contributed by atoms with E-state index in [2.05, 4.69) is 20.7 Å². The number of aryl methyl sites for hydroxylation is 2. The van der Waals surface area contributed by atoms with E-state index in [1.165, 1.54) is 13.0 Å². The Bertz CT molecular complexity index is 807. The second-order valence-corrected chi connectivity index (χ2v) is 7.13. The second-order valence-electron chi connectivity index (χ2n) is 4.62. The van der Waals surface area contributed by atoms with Gasteiger partial charge in [-0.05, 0) is 59.1 Å². The van der Waals surface area contributed by atoms with Gasteiger partial charge in [0.2, 0.25) is 0 Å². The van der Waals surface area contributed by atoms with E-state index >= 15 is 0 Å². The summed E-state index contributed by atoms with van der Waals surface area (Å²) >= 11 is 3.15. The quantitative estimate of drug-likeness (QED) is 0.875. The van der Waals surface area contributed by atoms with Gasteiger partial charge in [0.25, 0.3) is 10.0 Å². The Morgan fingerprint density at radius 1 is 1.05 bits per heavy atom. The number of sulfonamides is 1. The molecule has 0 fully saturated rings. The largest absolute Gasteiger partial charge is 0.277 e. The van der Waals surface area contributed by atoms with Crippen molar-refractivity contribution in [1.82, 2.24) is 0 Å². The van der Waals surface area contributed by atoms with E-state index in [9.17, 15) is 17.2 Å². The maximum absolute atomic E-state index is 13.7. The predicted molar refractivity (Wildman–Crippen MR) is 80.8 cm³/mol. The van der Waals surface area contributed by atoms with Crippen LogP contribution in [0.5, 0.6) is 0 Å². The number of benzene rings is 2. The summed E-state index contributed by atoms with van der Waals surface area (Å²) in [5.74, 6) is -1.52. The summed E-state index contributed by atoms with van der Waals surface area (Å²) in [6.07, 6.45) is 0. The van der Waals surface area contributed by atoms with Crippen LogP contribution in [0.15, 0.2) is 39.7 Å². The molecule has 0 unspecified atom stereocenters. The van der Waals surface area contributed by atoms with Crippen LogP contribution in [0.3, 0.4) is 0 Å². The van der Waals surface area contributed by atoms with Gasteiger partial charge < -0.3 is 0 Å². The molecule has 0 aliphatic rings. The van der Waals surface area contributed by atoms with E-state index in [0.717, 1.165) is 17.7 Å². The molecule has 0 saturated carbocycles. The highest BCUT2D eigenvalue weighted by atomic mass is 79.9. The lowest BCUT2D eigenvalue weighted by molar-refractivity contribution is 0.590. The summed E-state index contributed by atoms with van der Waals surface area (Å²) in [5.41, 5.74) is 0.547. The van der Waals surface area contributed by atoms with Crippen LogP contribution in [-0.4, -0.2) is 8.42 Å². The van der Waals surface area contributed by atoms with Gasteiger partial charge in [-0.3, -0.25) is 4.72 Å². The highest BCUT2D eigenvalue weighted by Gasteiger charge is 2.20.